The summed E-state index contributed by atoms with van der Waals surface area (Å²) in [5, 5.41) is 10.1. The van der Waals surface area contributed by atoms with Crippen LogP contribution in [0.1, 0.15) is 37.7 Å². The molecule has 0 unspecified atom stereocenters. The number of fused-ring (bicyclic) bond motifs is 1. The molecular formula is C18H25N5O2. The van der Waals surface area contributed by atoms with Crippen molar-refractivity contribution in [2.75, 3.05) is 18.0 Å². The molecule has 0 radical (unpaired) electrons. The quantitative estimate of drug-likeness (QED) is 0.815. The van der Waals surface area contributed by atoms with Gasteiger partial charge in [0.25, 0.3) is 0 Å². The highest BCUT2D eigenvalue weighted by Gasteiger charge is 2.30. The van der Waals surface area contributed by atoms with Crippen LogP contribution in [-0.2, 0) is 24.1 Å². The number of rotatable bonds is 5. The second-order valence-corrected chi connectivity index (χ2v) is 7.17. The smallest absolute Gasteiger partial charge is 0.414 e. The molecule has 1 aromatic carbocycles. The monoisotopic (exact) mass is 343 g/mol. The Bertz CT molecular complexity index is 722. The molecule has 2 heterocycles. The maximum absolute atomic E-state index is 12.5. The molecule has 0 atom stereocenters. The van der Waals surface area contributed by atoms with Crippen LogP contribution in [0.3, 0.4) is 0 Å². The van der Waals surface area contributed by atoms with Gasteiger partial charge in [-0.05, 0) is 38.3 Å². The number of ether oxygens (including phenoxy) is 1. The largest absolute Gasteiger partial charge is 0.443 e. The zero-order valence-electron chi connectivity index (χ0n) is 15.0. The zero-order chi connectivity index (χ0) is 17.9. The summed E-state index contributed by atoms with van der Waals surface area (Å²) >= 11 is 0. The number of para-hydroxylation sites is 1. The van der Waals surface area contributed by atoms with Crippen LogP contribution in [0.4, 0.5) is 10.5 Å². The molecule has 25 heavy (non-hydrogen) atoms. The van der Waals surface area contributed by atoms with Crippen LogP contribution in [0, 0.1) is 0 Å². The average molecular weight is 343 g/mol. The molecule has 0 spiro atoms. The first kappa shape index (κ1) is 17.4. The number of anilines is 1. The average Bonchev–Trinajstić information content (AvgIpc) is 3.19. The molecule has 0 fully saturated rings. The van der Waals surface area contributed by atoms with Crippen molar-refractivity contribution in [2.24, 2.45) is 0 Å². The molecule has 134 valence electrons. The number of carbonyl (C=O) groups is 1. The molecule has 2 aromatic rings. The van der Waals surface area contributed by atoms with Gasteiger partial charge in [0.15, 0.2) is 0 Å². The van der Waals surface area contributed by atoms with E-state index < -0.39 is 5.60 Å². The summed E-state index contributed by atoms with van der Waals surface area (Å²) < 4.78 is 5.56. The normalized spacial score (nSPS) is 13.8. The molecule has 0 saturated carbocycles. The van der Waals surface area contributed by atoms with E-state index in [1.165, 1.54) is 11.9 Å². The summed E-state index contributed by atoms with van der Waals surface area (Å²) in [5.41, 5.74) is 2.80. The van der Waals surface area contributed by atoms with Crippen LogP contribution >= 0.6 is 0 Å². The lowest BCUT2D eigenvalue weighted by atomic mass is 10.1. The Kier molecular flexibility index (Phi) is 5.03. The third-order valence-corrected chi connectivity index (χ3v) is 4.01. The van der Waals surface area contributed by atoms with Crippen molar-refractivity contribution in [1.82, 2.24) is 20.5 Å². The van der Waals surface area contributed by atoms with E-state index in [-0.39, 0.29) is 6.09 Å². The number of nitrogens with zero attached hydrogens (tertiary/aromatic N) is 3. The molecule has 7 heteroatoms. The van der Waals surface area contributed by atoms with Gasteiger partial charge in [0, 0.05) is 26.1 Å². The third-order valence-electron chi connectivity index (χ3n) is 4.01. The minimum atomic E-state index is -0.496. The maximum atomic E-state index is 12.5. The van der Waals surface area contributed by atoms with Gasteiger partial charge in [-0.1, -0.05) is 18.2 Å². The fourth-order valence-corrected chi connectivity index (χ4v) is 2.96. The van der Waals surface area contributed by atoms with Crippen molar-refractivity contribution < 1.29 is 9.53 Å². The highest BCUT2D eigenvalue weighted by Crippen LogP contribution is 2.33. The van der Waals surface area contributed by atoms with E-state index in [1.807, 2.05) is 26.8 Å². The van der Waals surface area contributed by atoms with Gasteiger partial charge < -0.3 is 10.1 Å². The predicted molar refractivity (Wildman–Crippen MR) is 95.5 cm³/mol. The van der Waals surface area contributed by atoms with Gasteiger partial charge in [0.1, 0.15) is 17.8 Å². The summed E-state index contributed by atoms with van der Waals surface area (Å²) in [6.07, 6.45) is 2.88. The lowest BCUT2D eigenvalue weighted by molar-refractivity contribution is 0.0583. The van der Waals surface area contributed by atoms with E-state index in [1.54, 1.807) is 4.90 Å². The highest BCUT2D eigenvalue weighted by molar-refractivity contribution is 5.91. The molecule has 1 amide bonds. The zero-order valence-corrected chi connectivity index (χ0v) is 15.0. The second kappa shape index (κ2) is 7.23. The number of hydrogen-bond donors (Lipinski definition) is 2. The van der Waals surface area contributed by atoms with Gasteiger partial charge in [0.05, 0.1) is 5.69 Å². The molecule has 3 rings (SSSR count). The fraction of sp³-hybridized carbons (Fsp3) is 0.500. The van der Waals surface area contributed by atoms with Crippen molar-refractivity contribution in [2.45, 2.75) is 45.8 Å². The van der Waals surface area contributed by atoms with E-state index in [2.05, 4.69) is 32.6 Å². The summed E-state index contributed by atoms with van der Waals surface area (Å²) in [6, 6.07) is 6.19. The molecule has 0 saturated heterocycles. The van der Waals surface area contributed by atoms with E-state index in [0.29, 0.717) is 13.1 Å². The van der Waals surface area contributed by atoms with Gasteiger partial charge in [-0.25, -0.2) is 9.78 Å². The Hall–Kier alpha value is -2.41. The number of carbonyl (C=O) groups excluding carboxylic acids is 1. The second-order valence-electron chi connectivity index (χ2n) is 7.17. The number of nitrogens with one attached hydrogen (secondary N) is 2. The summed E-state index contributed by atoms with van der Waals surface area (Å²) in [5.74, 6) is 0.862. The van der Waals surface area contributed by atoms with Crippen LogP contribution in [0.2, 0.25) is 0 Å². The van der Waals surface area contributed by atoms with Crippen molar-refractivity contribution in [3.8, 4) is 0 Å². The van der Waals surface area contributed by atoms with Crippen LogP contribution in [0.5, 0.6) is 0 Å². The van der Waals surface area contributed by atoms with Crippen LogP contribution in [-0.4, -0.2) is 40.0 Å². The number of amides is 1. The standard InChI is InChI=1S/C18H25N5O2/c1-18(2,3)25-17(24)23-10-8-13-5-4-6-14(16(13)23)11-19-9-7-15-20-12-21-22-15/h4-6,12,19H,7-11H2,1-3H3,(H,20,21,22). The molecule has 1 aliphatic heterocycles. The predicted octanol–water partition coefficient (Wildman–Crippen LogP) is 2.43. The van der Waals surface area contributed by atoms with Crippen LogP contribution in [0.25, 0.3) is 0 Å². The number of benzene rings is 1. The Morgan fingerprint density at radius 1 is 1.40 bits per heavy atom. The number of aromatic nitrogens is 3. The summed E-state index contributed by atoms with van der Waals surface area (Å²) in [6.45, 7) is 7.80. The Morgan fingerprint density at radius 2 is 2.24 bits per heavy atom. The topological polar surface area (TPSA) is 83.1 Å². The summed E-state index contributed by atoms with van der Waals surface area (Å²) in [7, 11) is 0. The molecule has 1 aliphatic rings. The first-order valence-electron chi connectivity index (χ1n) is 8.60. The minimum Gasteiger partial charge on any atom is -0.443 e. The van der Waals surface area contributed by atoms with E-state index in [4.69, 9.17) is 4.74 Å². The van der Waals surface area contributed by atoms with Crippen molar-refractivity contribution in [1.29, 1.82) is 0 Å². The van der Waals surface area contributed by atoms with E-state index in [9.17, 15) is 4.79 Å². The first-order valence-corrected chi connectivity index (χ1v) is 8.60. The van der Waals surface area contributed by atoms with Gasteiger partial charge in [-0.3, -0.25) is 10.00 Å². The van der Waals surface area contributed by atoms with Crippen molar-refractivity contribution in [3.05, 3.63) is 41.5 Å². The third kappa shape index (κ3) is 4.36. The molecular weight excluding hydrogens is 318 g/mol. The van der Waals surface area contributed by atoms with E-state index >= 15 is 0 Å². The number of hydrogen-bond acceptors (Lipinski definition) is 5. The molecule has 2 N–H and O–H groups in total. The SMILES string of the molecule is CC(C)(C)OC(=O)N1CCc2cccc(CNCCc3ncn[nH]3)c21. The molecule has 7 nitrogen and oxygen atoms in total. The maximum Gasteiger partial charge on any atom is 0.414 e. The van der Waals surface area contributed by atoms with Gasteiger partial charge in [-0.2, -0.15) is 5.10 Å². The van der Waals surface area contributed by atoms with Crippen molar-refractivity contribution in [3.63, 3.8) is 0 Å². The first-order chi connectivity index (χ1) is 11.9. The number of H-pyrrole nitrogens is 1. The Balaban J connectivity index is 1.65. The molecule has 0 aliphatic carbocycles. The lowest BCUT2D eigenvalue weighted by Crippen LogP contribution is -2.36. The van der Waals surface area contributed by atoms with Crippen LogP contribution in [0.15, 0.2) is 24.5 Å². The van der Waals surface area contributed by atoms with Crippen LogP contribution < -0.4 is 10.2 Å². The molecule has 0 bridgehead atoms. The number of aromatic amines is 1. The van der Waals surface area contributed by atoms with E-state index in [0.717, 1.165) is 36.5 Å². The summed E-state index contributed by atoms with van der Waals surface area (Å²) in [4.78, 5) is 18.4. The minimum absolute atomic E-state index is 0.277. The lowest BCUT2D eigenvalue weighted by Gasteiger charge is -2.26. The Morgan fingerprint density at radius 3 is 2.96 bits per heavy atom. The van der Waals surface area contributed by atoms with Crippen molar-refractivity contribution >= 4 is 11.8 Å². The van der Waals surface area contributed by atoms with Gasteiger partial charge in [0.2, 0.25) is 0 Å². The fourth-order valence-electron chi connectivity index (χ4n) is 2.96. The Labute approximate surface area is 147 Å². The molecule has 1 aromatic heterocycles. The van der Waals surface area contributed by atoms with Gasteiger partial charge in [-0.15, -0.1) is 0 Å². The van der Waals surface area contributed by atoms with Gasteiger partial charge >= 0.3 is 6.09 Å². The highest BCUT2D eigenvalue weighted by atomic mass is 16.6.